The van der Waals surface area contributed by atoms with Crippen molar-refractivity contribution < 1.29 is 9.53 Å². The van der Waals surface area contributed by atoms with Crippen LogP contribution in [0.3, 0.4) is 0 Å². The molecule has 0 aliphatic carbocycles. The first-order valence-electron chi connectivity index (χ1n) is 13.5. The summed E-state index contributed by atoms with van der Waals surface area (Å²) in [6.07, 6.45) is 0. The lowest BCUT2D eigenvalue weighted by atomic mass is 9.95. The van der Waals surface area contributed by atoms with Gasteiger partial charge in [-0.1, -0.05) is 100 Å². The summed E-state index contributed by atoms with van der Waals surface area (Å²) in [6, 6.07) is 35.1. The van der Waals surface area contributed by atoms with E-state index in [0.717, 1.165) is 38.5 Å². The molecular weight excluding hydrogens is 610 g/mol. The quantitative estimate of drug-likeness (QED) is 0.160. The Morgan fingerprint density at radius 2 is 1.62 bits per heavy atom. The van der Waals surface area contributed by atoms with Crippen LogP contribution in [0.5, 0.6) is 5.75 Å². The van der Waals surface area contributed by atoms with Crippen molar-refractivity contribution in [2.75, 3.05) is 10.6 Å². The number of carbonyl (C=O) groups is 1. The second kappa shape index (κ2) is 12.7. The molecular formula is C33H28BrN5O2S. The average Bonchev–Trinajstić information content (AvgIpc) is 3.43. The van der Waals surface area contributed by atoms with Crippen LogP contribution in [0.4, 0.5) is 11.6 Å². The highest BCUT2D eigenvalue weighted by Crippen LogP contribution is 2.37. The van der Waals surface area contributed by atoms with E-state index in [9.17, 15) is 4.79 Å². The van der Waals surface area contributed by atoms with Crippen molar-refractivity contribution in [1.29, 1.82) is 0 Å². The van der Waals surface area contributed by atoms with Crippen molar-refractivity contribution in [3.05, 3.63) is 142 Å². The molecule has 0 bridgehead atoms. The minimum absolute atomic E-state index is 0.202. The van der Waals surface area contributed by atoms with Gasteiger partial charge in [0.15, 0.2) is 0 Å². The first kappa shape index (κ1) is 27.8. The standard InChI is InChI=1S/C33H28BrN5O2S/c1-22-29(31(40)36-27-10-6-3-7-11-27)30(25-14-18-28(19-15-25)41-20-23-12-16-26(34)17-13-23)39-32(35-22)37-33(38-39)42-21-24-8-4-2-5-9-24/h2-19,30H,20-21H2,1H3,(H,36,40)(H,35,37,38). The van der Waals surface area contributed by atoms with E-state index in [0.29, 0.717) is 23.3 Å². The van der Waals surface area contributed by atoms with E-state index in [1.54, 1.807) is 16.4 Å². The summed E-state index contributed by atoms with van der Waals surface area (Å²) in [5.74, 6) is 1.88. The Kier molecular flexibility index (Phi) is 8.39. The van der Waals surface area contributed by atoms with Crippen molar-refractivity contribution in [2.24, 2.45) is 0 Å². The molecule has 2 N–H and O–H groups in total. The van der Waals surface area contributed by atoms with Crippen LogP contribution in [0.25, 0.3) is 0 Å². The first-order valence-corrected chi connectivity index (χ1v) is 15.3. The Morgan fingerprint density at radius 3 is 2.33 bits per heavy atom. The van der Waals surface area contributed by atoms with Crippen LogP contribution >= 0.6 is 27.7 Å². The molecule has 1 aliphatic rings. The van der Waals surface area contributed by atoms with Crippen LogP contribution in [0.15, 0.2) is 130 Å². The fraction of sp³-hybridized carbons (Fsp3) is 0.121. The Morgan fingerprint density at radius 1 is 0.929 bits per heavy atom. The molecule has 1 atom stereocenters. The average molecular weight is 639 g/mol. The number of nitrogens with one attached hydrogen (secondary N) is 2. The van der Waals surface area contributed by atoms with Gasteiger partial charge in [0.05, 0.1) is 5.57 Å². The maximum Gasteiger partial charge on any atom is 0.255 e. The zero-order chi connectivity index (χ0) is 28.9. The number of hydrogen-bond donors (Lipinski definition) is 2. The van der Waals surface area contributed by atoms with Gasteiger partial charge in [0.1, 0.15) is 18.4 Å². The molecule has 0 spiro atoms. The lowest BCUT2D eigenvalue weighted by Crippen LogP contribution is -2.31. The normalized spacial score (nSPS) is 14.2. The Hall–Kier alpha value is -4.34. The molecule has 4 aromatic carbocycles. The number of halogens is 1. The van der Waals surface area contributed by atoms with E-state index in [1.807, 2.05) is 104 Å². The number of rotatable bonds is 9. The molecule has 2 heterocycles. The zero-order valence-corrected chi connectivity index (χ0v) is 25.2. The van der Waals surface area contributed by atoms with Gasteiger partial charge in [-0.15, -0.1) is 5.10 Å². The molecule has 1 unspecified atom stereocenters. The fourth-order valence-corrected chi connectivity index (χ4v) is 5.78. The predicted octanol–water partition coefficient (Wildman–Crippen LogP) is 7.84. The molecule has 9 heteroatoms. The van der Waals surface area contributed by atoms with Crippen LogP contribution in [0.2, 0.25) is 0 Å². The number of thioether (sulfide) groups is 1. The van der Waals surface area contributed by atoms with Crippen molar-refractivity contribution in [3.63, 3.8) is 0 Å². The molecule has 1 aromatic heterocycles. The number of aromatic nitrogens is 3. The molecule has 7 nitrogen and oxygen atoms in total. The van der Waals surface area contributed by atoms with Gasteiger partial charge in [0.2, 0.25) is 11.1 Å². The van der Waals surface area contributed by atoms with Crippen molar-refractivity contribution >= 4 is 45.2 Å². The molecule has 0 saturated carbocycles. The topological polar surface area (TPSA) is 81.1 Å². The third kappa shape index (κ3) is 6.42. The summed E-state index contributed by atoms with van der Waals surface area (Å²) in [6.45, 7) is 2.36. The number of nitrogens with zero attached hydrogens (tertiary/aromatic N) is 3. The molecule has 0 radical (unpaired) electrons. The smallest absolute Gasteiger partial charge is 0.255 e. The molecule has 5 aromatic rings. The number of hydrogen-bond acceptors (Lipinski definition) is 6. The highest BCUT2D eigenvalue weighted by molar-refractivity contribution is 9.10. The number of carbonyl (C=O) groups excluding carboxylic acids is 1. The molecule has 210 valence electrons. The fourth-order valence-electron chi connectivity index (χ4n) is 4.73. The summed E-state index contributed by atoms with van der Waals surface area (Å²) in [4.78, 5) is 18.5. The Labute approximate surface area is 257 Å². The van der Waals surface area contributed by atoms with Crippen molar-refractivity contribution in [1.82, 2.24) is 14.8 Å². The Balaban J connectivity index is 1.28. The molecule has 6 rings (SSSR count). The van der Waals surface area contributed by atoms with Gasteiger partial charge < -0.3 is 15.4 Å². The third-order valence-electron chi connectivity index (χ3n) is 6.83. The minimum Gasteiger partial charge on any atom is -0.489 e. The highest BCUT2D eigenvalue weighted by Gasteiger charge is 2.34. The van der Waals surface area contributed by atoms with Crippen LogP contribution in [-0.4, -0.2) is 20.7 Å². The third-order valence-corrected chi connectivity index (χ3v) is 8.27. The van der Waals surface area contributed by atoms with Crippen LogP contribution in [-0.2, 0) is 17.2 Å². The van der Waals surface area contributed by atoms with Gasteiger partial charge in [0, 0.05) is 21.6 Å². The van der Waals surface area contributed by atoms with E-state index in [-0.39, 0.29) is 5.91 Å². The van der Waals surface area contributed by atoms with Gasteiger partial charge in [-0.3, -0.25) is 4.79 Å². The van der Waals surface area contributed by atoms with E-state index < -0.39 is 6.04 Å². The van der Waals surface area contributed by atoms with E-state index in [1.165, 1.54) is 5.56 Å². The lowest BCUT2D eigenvalue weighted by Gasteiger charge is -2.28. The number of fused-ring (bicyclic) bond motifs is 1. The second-order valence-corrected chi connectivity index (χ2v) is 11.7. The van der Waals surface area contributed by atoms with Crippen molar-refractivity contribution in [2.45, 2.75) is 30.5 Å². The summed E-state index contributed by atoms with van der Waals surface area (Å²) in [5, 5.41) is 11.9. The largest absolute Gasteiger partial charge is 0.489 e. The first-order chi connectivity index (χ1) is 20.5. The summed E-state index contributed by atoms with van der Waals surface area (Å²) >= 11 is 5.03. The highest BCUT2D eigenvalue weighted by atomic mass is 79.9. The zero-order valence-electron chi connectivity index (χ0n) is 22.8. The summed E-state index contributed by atoms with van der Waals surface area (Å²) in [7, 11) is 0. The number of benzene rings is 4. The molecule has 0 fully saturated rings. The SMILES string of the molecule is CC1=C(C(=O)Nc2ccccc2)C(c2ccc(OCc3ccc(Br)cc3)cc2)n2nc(SCc3ccccc3)nc2N1. The predicted molar refractivity (Wildman–Crippen MR) is 170 cm³/mol. The monoisotopic (exact) mass is 637 g/mol. The van der Waals surface area contributed by atoms with Crippen LogP contribution in [0, 0.1) is 0 Å². The molecule has 42 heavy (non-hydrogen) atoms. The van der Waals surface area contributed by atoms with Gasteiger partial charge in [-0.2, -0.15) is 4.98 Å². The summed E-state index contributed by atoms with van der Waals surface area (Å²) < 4.78 is 8.87. The second-order valence-electron chi connectivity index (χ2n) is 9.81. The number of anilines is 2. The number of allylic oxidation sites excluding steroid dienone is 1. The van der Waals surface area contributed by atoms with Crippen LogP contribution < -0.4 is 15.4 Å². The van der Waals surface area contributed by atoms with E-state index in [2.05, 4.69) is 38.7 Å². The maximum atomic E-state index is 13.7. The Bertz CT molecular complexity index is 1710. The van der Waals surface area contributed by atoms with Crippen LogP contribution in [0.1, 0.15) is 29.7 Å². The molecule has 1 aliphatic heterocycles. The van der Waals surface area contributed by atoms with Gasteiger partial charge in [0.25, 0.3) is 5.91 Å². The summed E-state index contributed by atoms with van der Waals surface area (Å²) in [5.41, 5.74) is 5.18. The molecule has 0 saturated heterocycles. The van der Waals surface area contributed by atoms with Gasteiger partial charge in [-0.05, 0) is 60.0 Å². The molecule has 1 amide bonds. The number of para-hydroxylation sites is 1. The van der Waals surface area contributed by atoms with E-state index in [4.69, 9.17) is 14.8 Å². The number of amides is 1. The number of ether oxygens (including phenoxy) is 1. The lowest BCUT2D eigenvalue weighted by molar-refractivity contribution is -0.113. The maximum absolute atomic E-state index is 13.7. The van der Waals surface area contributed by atoms with Gasteiger partial charge in [-0.25, -0.2) is 4.68 Å². The van der Waals surface area contributed by atoms with Gasteiger partial charge >= 0.3 is 0 Å². The van der Waals surface area contributed by atoms with Crippen molar-refractivity contribution in [3.8, 4) is 5.75 Å². The minimum atomic E-state index is -0.482. The van der Waals surface area contributed by atoms with E-state index >= 15 is 0 Å².